The van der Waals surface area contributed by atoms with Crippen molar-refractivity contribution in [1.29, 1.82) is 0 Å². The molecule has 0 N–H and O–H groups in total. The summed E-state index contributed by atoms with van der Waals surface area (Å²) < 4.78 is 10.5. The third kappa shape index (κ3) is 1.74. The first-order chi connectivity index (χ1) is 4.92. The van der Waals surface area contributed by atoms with Crippen LogP contribution in [0.5, 0.6) is 0 Å². The fourth-order valence-corrected chi connectivity index (χ4v) is 1.01. The zero-order chi connectivity index (χ0) is 8.65. The van der Waals surface area contributed by atoms with Crippen molar-refractivity contribution in [3.05, 3.63) is 10.2 Å². The first kappa shape index (κ1) is 8.59. The highest BCUT2D eigenvalue weighted by Crippen LogP contribution is 2.28. The number of carbonyl (C=O) groups is 1. The van der Waals surface area contributed by atoms with Crippen LogP contribution in [0.4, 0.5) is 0 Å². The molecule has 0 spiro atoms. The molecule has 0 aromatic carbocycles. The van der Waals surface area contributed by atoms with Gasteiger partial charge in [-0.1, -0.05) is 0 Å². The van der Waals surface area contributed by atoms with Crippen molar-refractivity contribution >= 4 is 21.9 Å². The normalized spacial score (nSPS) is 22.7. The Morgan fingerprint density at radius 3 is 2.36 bits per heavy atom. The first-order valence-corrected chi connectivity index (χ1v) is 4.00. The lowest BCUT2D eigenvalue weighted by atomic mass is 10.3. The average molecular weight is 221 g/mol. The SMILES string of the molecule is CC1=C(Br)C(=O)OC(C)(C)O1. The van der Waals surface area contributed by atoms with Gasteiger partial charge in [-0.2, -0.15) is 0 Å². The van der Waals surface area contributed by atoms with Crippen molar-refractivity contribution in [3.63, 3.8) is 0 Å². The molecule has 0 aromatic rings. The minimum absolute atomic E-state index is 0.358. The molecule has 0 bridgehead atoms. The van der Waals surface area contributed by atoms with E-state index in [4.69, 9.17) is 9.47 Å². The average Bonchev–Trinajstić information content (AvgIpc) is 1.81. The van der Waals surface area contributed by atoms with E-state index >= 15 is 0 Å². The van der Waals surface area contributed by atoms with Gasteiger partial charge >= 0.3 is 5.97 Å². The van der Waals surface area contributed by atoms with E-state index in [9.17, 15) is 4.79 Å². The maximum absolute atomic E-state index is 11.0. The van der Waals surface area contributed by atoms with Crippen LogP contribution >= 0.6 is 15.9 Å². The lowest BCUT2D eigenvalue weighted by Gasteiger charge is -2.30. The van der Waals surface area contributed by atoms with Crippen molar-refractivity contribution < 1.29 is 14.3 Å². The lowest BCUT2D eigenvalue weighted by Crippen LogP contribution is -2.35. The van der Waals surface area contributed by atoms with Crippen LogP contribution in [0, 0.1) is 0 Å². The van der Waals surface area contributed by atoms with E-state index < -0.39 is 5.79 Å². The van der Waals surface area contributed by atoms with Crippen molar-refractivity contribution in [2.75, 3.05) is 0 Å². The molecule has 0 amide bonds. The van der Waals surface area contributed by atoms with Crippen molar-refractivity contribution in [2.24, 2.45) is 0 Å². The highest BCUT2D eigenvalue weighted by Gasteiger charge is 2.32. The Morgan fingerprint density at radius 2 is 1.91 bits per heavy atom. The Kier molecular flexibility index (Phi) is 1.96. The van der Waals surface area contributed by atoms with Gasteiger partial charge in [0.25, 0.3) is 0 Å². The number of rotatable bonds is 0. The zero-order valence-electron chi connectivity index (χ0n) is 6.60. The van der Waals surface area contributed by atoms with Crippen molar-refractivity contribution in [2.45, 2.75) is 26.6 Å². The van der Waals surface area contributed by atoms with E-state index in [0.29, 0.717) is 10.2 Å². The zero-order valence-corrected chi connectivity index (χ0v) is 8.19. The van der Waals surface area contributed by atoms with E-state index in [2.05, 4.69) is 15.9 Å². The highest BCUT2D eigenvalue weighted by molar-refractivity contribution is 9.12. The Bertz CT molecular complexity index is 230. The van der Waals surface area contributed by atoms with Crippen LogP contribution in [0.15, 0.2) is 10.2 Å². The second kappa shape index (κ2) is 2.52. The highest BCUT2D eigenvalue weighted by atomic mass is 79.9. The molecule has 0 radical (unpaired) electrons. The molecule has 0 aliphatic carbocycles. The molecule has 0 atom stereocenters. The second-order valence-corrected chi connectivity index (χ2v) is 3.55. The maximum atomic E-state index is 11.0. The number of halogens is 1. The lowest BCUT2D eigenvalue weighted by molar-refractivity contribution is -0.205. The molecule has 0 aromatic heterocycles. The number of ether oxygens (including phenoxy) is 2. The van der Waals surface area contributed by atoms with Gasteiger partial charge in [-0.25, -0.2) is 4.79 Å². The number of cyclic esters (lactones) is 1. The van der Waals surface area contributed by atoms with Gasteiger partial charge in [0.1, 0.15) is 10.2 Å². The standard InChI is InChI=1S/C7H9BrO3/c1-4-5(8)6(9)11-7(2,3)10-4/h1-3H3. The minimum atomic E-state index is -0.835. The Morgan fingerprint density at radius 1 is 1.36 bits per heavy atom. The predicted molar refractivity (Wildman–Crippen MR) is 42.9 cm³/mol. The molecule has 62 valence electrons. The number of hydrogen-bond donors (Lipinski definition) is 0. The fourth-order valence-electron chi connectivity index (χ4n) is 0.846. The van der Waals surface area contributed by atoms with Gasteiger partial charge in [0, 0.05) is 13.8 Å². The van der Waals surface area contributed by atoms with Crippen LogP contribution in [0.1, 0.15) is 20.8 Å². The third-order valence-electron chi connectivity index (χ3n) is 1.23. The van der Waals surface area contributed by atoms with Crippen LogP contribution in [0.25, 0.3) is 0 Å². The molecule has 1 rings (SSSR count). The van der Waals surface area contributed by atoms with Crippen LogP contribution in [-0.4, -0.2) is 11.8 Å². The fraction of sp³-hybridized carbons (Fsp3) is 0.571. The molecule has 0 saturated heterocycles. The van der Waals surface area contributed by atoms with Crippen LogP contribution in [0.2, 0.25) is 0 Å². The molecule has 3 nitrogen and oxygen atoms in total. The topological polar surface area (TPSA) is 35.5 Å². The van der Waals surface area contributed by atoms with Gasteiger partial charge in [0.05, 0.1) is 0 Å². The third-order valence-corrected chi connectivity index (χ3v) is 2.11. The molecule has 0 saturated carbocycles. The number of carbonyl (C=O) groups excluding carboxylic acids is 1. The quantitative estimate of drug-likeness (QED) is 0.586. The number of esters is 1. The van der Waals surface area contributed by atoms with Gasteiger partial charge in [-0.3, -0.25) is 0 Å². The summed E-state index contributed by atoms with van der Waals surface area (Å²) in [5, 5.41) is 0. The van der Waals surface area contributed by atoms with Gasteiger partial charge in [-0.05, 0) is 22.9 Å². The molecular weight excluding hydrogens is 212 g/mol. The number of allylic oxidation sites excluding steroid dienone is 1. The summed E-state index contributed by atoms with van der Waals surface area (Å²) >= 11 is 3.05. The second-order valence-electron chi connectivity index (χ2n) is 2.76. The Hall–Kier alpha value is -0.510. The predicted octanol–water partition coefficient (Wildman–Crippen LogP) is 1.92. The summed E-state index contributed by atoms with van der Waals surface area (Å²) in [5.41, 5.74) is 0. The summed E-state index contributed by atoms with van der Waals surface area (Å²) in [6.07, 6.45) is 0. The molecule has 0 fully saturated rings. The van der Waals surface area contributed by atoms with E-state index in [1.54, 1.807) is 20.8 Å². The van der Waals surface area contributed by atoms with Crippen molar-refractivity contribution in [3.8, 4) is 0 Å². The molecular formula is C7H9BrO3. The summed E-state index contributed by atoms with van der Waals surface area (Å²) in [7, 11) is 0. The van der Waals surface area contributed by atoms with Gasteiger partial charge < -0.3 is 9.47 Å². The Labute approximate surface area is 73.5 Å². The Balaban J connectivity index is 2.94. The minimum Gasteiger partial charge on any atom is -0.456 e. The van der Waals surface area contributed by atoms with Crippen molar-refractivity contribution in [1.82, 2.24) is 0 Å². The monoisotopic (exact) mass is 220 g/mol. The molecule has 4 heteroatoms. The van der Waals surface area contributed by atoms with Crippen LogP contribution in [0.3, 0.4) is 0 Å². The molecule has 0 unspecified atom stereocenters. The summed E-state index contributed by atoms with van der Waals surface area (Å²) in [6, 6.07) is 0. The van der Waals surface area contributed by atoms with Gasteiger partial charge in [0.2, 0.25) is 5.79 Å². The maximum Gasteiger partial charge on any atom is 0.351 e. The van der Waals surface area contributed by atoms with Gasteiger partial charge in [-0.15, -0.1) is 0 Å². The molecule has 1 heterocycles. The van der Waals surface area contributed by atoms with E-state index in [1.807, 2.05) is 0 Å². The molecule has 1 aliphatic rings. The van der Waals surface area contributed by atoms with Gasteiger partial charge in [0.15, 0.2) is 0 Å². The van der Waals surface area contributed by atoms with E-state index in [-0.39, 0.29) is 5.97 Å². The molecule has 11 heavy (non-hydrogen) atoms. The van der Waals surface area contributed by atoms with E-state index in [0.717, 1.165) is 0 Å². The smallest absolute Gasteiger partial charge is 0.351 e. The molecule has 1 aliphatic heterocycles. The summed E-state index contributed by atoms with van der Waals surface area (Å²) in [4.78, 5) is 11.0. The summed E-state index contributed by atoms with van der Waals surface area (Å²) in [6.45, 7) is 5.09. The largest absolute Gasteiger partial charge is 0.456 e. The van der Waals surface area contributed by atoms with Crippen LogP contribution < -0.4 is 0 Å². The summed E-state index contributed by atoms with van der Waals surface area (Å²) in [5.74, 6) is -0.650. The first-order valence-electron chi connectivity index (χ1n) is 3.21. The van der Waals surface area contributed by atoms with Crippen LogP contribution in [-0.2, 0) is 14.3 Å². The van der Waals surface area contributed by atoms with E-state index in [1.165, 1.54) is 0 Å². The number of hydrogen-bond acceptors (Lipinski definition) is 3.